The van der Waals surface area contributed by atoms with Gasteiger partial charge in [0.15, 0.2) is 5.96 Å². The number of carbonyl (C=O) groups is 1. The van der Waals surface area contributed by atoms with E-state index in [0.717, 1.165) is 58.1 Å². The SMILES string of the molecule is CCNC(=NCC1CCCN1CCOC)N1CCCC(C(=O)OCC)C1. The highest BCUT2D eigenvalue weighted by atomic mass is 16.5. The summed E-state index contributed by atoms with van der Waals surface area (Å²) in [4.78, 5) is 21.7. The predicted molar refractivity (Wildman–Crippen MR) is 103 cm³/mol. The van der Waals surface area contributed by atoms with Crippen LogP contribution in [0.15, 0.2) is 4.99 Å². The molecule has 0 aromatic carbocycles. The second-order valence-electron chi connectivity index (χ2n) is 7.06. The molecule has 0 saturated carbocycles. The smallest absolute Gasteiger partial charge is 0.310 e. The molecule has 0 aliphatic carbocycles. The second-order valence-corrected chi connectivity index (χ2v) is 7.06. The lowest BCUT2D eigenvalue weighted by Gasteiger charge is -2.34. The van der Waals surface area contributed by atoms with Gasteiger partial charge in [-0.05, 0) is 46.1 Å². The van der Waals surface area contributed by atoms with Crippen LogP contribution in [0, 0.1) is 5.92 Å². The average molecular weight is 369 g/mol. The Morgan fingerprint density at radius 3 is 2.77 bits per heavy atom. The van der Waals surface area contributed by atoms with Crippen LogP contribution in [-0.2, 0) is 14.3 Å². The molecule has 0 amide bonds. The lowest BCUT2D eigenvalue weighted by Crippen LogP contribution is -2.48. The fourth-order valence-electron chi connectivity index (χ4n) is 3.84. The van der Waals surface area contributed by atoms with Gasteiger partial charge in [-0.3, -0.25) is 14.7 Å². The number of likely N-dealkylation sites (tertiary alicyclic amines) is 2. The molecule has 2 heterocycles. The van der Waals surface area contributed by atoms with Crippen molar-refractivity contribution in [2.45, 2.75) is 45.6 Å². The van der Waals surface area contributed by atoms with Gasteiger partial charge in [0.1, 0.15) is 0 Å². The number of carbonyl (C=O) groups excluding carboxylic acids is 1. The molecule has 2 aliphatic heterocycles. The number of nitrogens with zero attached hydrogens (tertiary/aromatic N) is 3. The molecule has 2 aliphatic rings. The van der Waals surface area contributed by atoms with Crippen LogP contribution in [-0.4, -0.2) is 87.4 Å². The number of hydrogen-bond acceptors (Lipinski definition) is 5. The van der Waals surface area contributed by atoms with E-state index in [-0.39, 0.29) is 11.9 Å². The lowest BCUT2D eigenvalue weighted by molar-refractivity contribution is -0.149. The highest BCUT2D eigenvalue weighted by molar-refractivity contribution is 5.81. The third kappa shape index (κ3) is 6.13. The molecule has 0 bridgehead atoms. The van der Waals surface area contributed by atoms with E-state index in [0.29, 0.717) is 19.2 Å². The molecule has 26 heavy (non-hydrogen) atoms. The molecule has 0 spiro atoms. The first-order valence-electron chi connectivity index (χ1n) is 10.1. The van der Waals surface area contributed by atoms with Crippen LogP contribution in [0.4, 0.5) is 0 Å². The zero-order chi connectivity index (χ0) is 18.8. The van der Waals surface area contributed by atoms with Crippen LogP contribution in [0.3, 0.4) is 0 Å². The van der Waals surface area contributed by atoms with E-state index < -0.39 is 0 Å². The van der Waals surface area contributed by atoms with Gasteiger partial charge in [-0.2, -0.15) is 0 Å². The third-order valence-corrected chi connectivity index (χ3v) is 5.21. The molecule has 2 atom stereocenters. The lowest BCUT2D eigenvalue weighted by atomic mass is 9.98. The van der Waals surface area contributed by atoms with Gasteiger partial charge in [-0.15, -0.1) is 0 Å². The first-order chi connectivity index (χ1) is 12.7. The van der Waals surface area contributed by atoms with Crippen molar-refractivity contribution in [2.24, 2.45) is 10.9 Å². The molecule has 7 nitrogen and oxygen atoms in total. The van der Waals surface area contributed by atoms with Gasteiger partial charge in [-0.25, -0.2) is 0 Å². The Morgan fingerprint density at radius 2 is 2.04 bits per heavy atom. The molecular formula is C19H36N4O3. The van der Waals surface area contributed by atoms with E-state index in [1.54, 1.807) is 7.11 Å². The van der Waals surface area contributed by atoms with Crippen LogP contribution in [0.2, 0.25) is 0 Å². The number of aliphatic imine (C=N–C) groups is 1. The van der Waals surface area contributed by atoms with Gasteiger partial charge in [-0.1, -0.05) is 0 Å². The van der Waals surface area contributed by atoms with Gasteiger partial charge in [0.05, 0.1) is 25.7 Å². The van der Waals surface area contributed by atoms with Crippen molar-refractivity contribution in [3.8, 4) is 0 Å². The maximum absolute atomic E-state index is 12.1. The summed E-state index contributed by atoms with van der Waals surface area (Å²) >= 11 is 0. The van der Waals surface area contributed by atoms with E-state index in [2.05, 4.69) is 22.0 Å². The van der Waals surface area contributed by atoms with Crippen molar-refractivity contribution < 1.29 is 14.3 Å². The molecule has 0 aromatic heterocycles. The van der Waals surface area contributed by atoms with Gasteiger partial charge in [0, 0.05) is 39.3 Å². The van der Waals surface area contributed by atoms with Gasteiger partial charge in [0.25, 0.3) is 0 Å². The molecule has 150 valence electrons. The number of ether oxygens (including phenoxy) is 2. The normalized spacial score (nSPS) is 24.7. The Morgan fingerprint density at radius 1 is 1.23 bits per heavy atom. The summed E-state index contributed by atoms with van der Waals surface area (Å²) in [7, 11) is 1.75. The van der Waals surface area contributed by atoms with Gasteiger partial charge < -0.3 is 19.7 Å². The molecule has 7 heteroatoms. The number of esters is 1. The quantitative estimate of drug-likeness (QED) is 0.396. The van der Waals surface area contributed by atoms with Crippen LogP contribution in [0.25, 0.3) is 0 Å². The topological polar surface area (TPSA) is 66.4 Å². The zero-order valence-corrected chi connectivity index (χ0v) is 16.7. The standard InChI is InChI=1S/C19H36N4O3/c1-4-20-19(21-14-17-9-7-10-22(17)12-13-25-3)23-11-6-8-16(15-23)18(24)26-5-2/h16-17H,4-15H2,1-3H3,(H,20,21). The Bertz CT molecular complexity index is 458. The zero-order valence-electron chi connectivity index (χ0n) is 16.7. The van der Waals surface area contributed by atoms with Crippen molar-refractivity contribution in [1.29, 1.82) is 0 Å². The van der Waals surface area contributed by atoms with Crippen molar-refractivity contribution in [3.63, 3.8) is 0 Å². The average Bonchev–Trinajstić information content (AvgIpc) is 3.11. The van der Waals surface area contributed by atoms with Crippen LogP contribution < -0.4 is 5.32 Å². The largest absolute Gasteiger partial charge is 0.466 e. The summed E-state index contributed by atoms with van der Waals surface area (Å²) in [6, 6.07) is 0.490. The molecule has 0 radical (unpaired) electrons. The second kappa shape index (κ2) is 11.4. The minimum atomic E-state index is -0.0745. The highest BCUT2D eigenvalue weighted by Crippen LogP contribution is 2.20. The molecule has 2 saturated heterocycles. The van der Waals surface area contributed by atoms with Crippen molar-refractivity contribution in [1.82, 2.24) is 15.1 Å². The summed E-state index contributed by atoms with van der Waals surface area (Å²) in [6.07, 6.45) is 4.33. The molecule has 2 unspecified atom stereocenters. The molecule has 0 aromatic rings. The monoisotopic (exact) mass is 368 g/mol. The summed E-state index contributed by atoms with van der Waals surface area (Å²) in [6.45, 7) is 10.5. The molecule has 1 N–H and O–H groups in total. The summed E-state index contributed by atoms with van der Waals surface area (Å²) in [5, 5.41) is 3.41. The number of rotatable bonds is 8. The van der Waals surface area contributed by atoms with Crippen LogP contribution >= 0.6 is 0 Å². The highest BCUT2D eigenvalue weighted by Gasteiger charge is 2.29. The fourth-order valence-corrected chi connectivity index (χ4v) is 3.84. The molecule has 2 fully saturated rings. The predicted octanol–water partition coefficient (Wildman–Crippen LogP) is 1.34. The van der Waals surface area contributed by atoms with Crippen molar-refractivity contribution >= 4 is 11.9 Å². The molecule has 2 rings (SSSR count). The summed E-state index contributed by atoms with van der Waals surface area (Å²) in [5.41, 5.74) is 0. The number of methoxy groups -OCH3 is 1. The Balaban J connectivity index is 1.95. The number of hydrogen-bond donors (Lipinski definition) is 1. The first kappa shape index (κ1) is 21.0. The maximum atomic E-state index is 12.1. The number of guanidine groups is 1. The summed E-state index contributed by atoms with van der Waals surface area (Å²) in [5.74, 6) is 0.812. The Labute approximate surface area is 158 Å². The van der Waals surface area contributed by atoms with E-state index in [4.69, 9.17) is 14.5 Å². The number of piperidine rings is 1. The van der Waals surface area contributed by atoms with E-state index in [9.17, 15) is 4.79 Å². The minimum absolute atomic E-state index is 0.0442. The number of nitrogens with one attached hydrogen (secondary N) is 1. The Kier molecular flexibility index (Phi) is 9.18. The summed E-state index contributed by atoms with van der Waals surface area (Å²) < 4.78 is 10.4. The minimum Gasteiger partial charge on any atom is -0.466 e. The van der Waals surface area contributed by atoms with Gasteiger partial charge >= 0.3 is 5.97 Å². The van der Waals surface area contributed by atoms with E-state index >= 15 is 0 Å². The Hall–Kier alpha value is -1.34. The van der Waals surface area contributed by atoms with Crippen LogP contribution in [0.5, 0.6) is 0 Å². The fraction of sp³-hybridized carbons (Fsp3) is 0.895. The molecular weight excluding hydrogens is 332 g/mol. The maximum Gasteiger partial charge on any atom is 0.310 e. The van der Waals surface area contributed by atoms with Crippen molar-refractivity contribution in [3.05, 3.63) is 0 Å². The van der Waals surface area contributed by atoms with Crippen molar-refractivity contribution in [2.75, 3.05) is 59.6 Å². The van der Waals surface area contributed by atoms with Gasteiger partial charge in [0.2, 0.25) is 0 Å². The van der Waals surface area contributed by atoms with Crippen LogP contribution in [0.1, 0.15) is 39.5 Å². The first-order valence-corrected chi connectivity index (χ1v) is 10.1. The third-order valence-electron chi connectivity index (χ3n) is 5.21. The van der Waals surface area contributed by atoms with E-state index in [1.807, 2.05) is 6.92 Å². The van der Waals surface area contributed by atoms with E-state index in [1.165, 1.54) is 12.8 Å².